The Labute approximate surface area is 127 Å². The Morgan fingerprint density at radius 2 is 1.86 bits per heavy atom. The molecule has 1 saturated heterocycles. The number of hydrogen-bond acceptors (Lipinski definition) is 3. The van der Waals surface area contributed by atoms with E-state index in [1.54, 1.807) is 34.4 Å². The topological polar surface area (TPSA) is 23.6 Å². The van der Waals surface area contributed by atoms with Gasteiger partial charge in [-0.1, -0.05) is 18.2 Å². The van der Waals surface area contributed by atoms with Gasteiger partial charge in [0, 0.05) is 37.6 Å². The molecule has 110 valence electrons. The van der Waals surface area contributed by atoms with Crippen LogP contribution in [0.3, 0.4) is 0 Å². The van der Waals surface area contributed by atoms with E-state index in [9.17, 15) is 9.18 Å². The average molecular weight is 304 g/mol. The van der Waals surface area contributed by atoms with E-state index in [1.807, 2.05) is 0 Å². The van der Waals surface area contributed by atoms with Gasteiger partial charge in [0.1, 0.15) is 5.82 Å². The Bertz CT molecular complexity index is 606. The first-order valence-electron chi connectivity index (χ1n) is 7.02. The van der Waals surface area contributed by atoms with E-state index >= 15 is 0 Å². The third kappa shape index (κ3) is 3.31. The zero-order valence-corrected chi connectivity index (χ0v) is 12.5. The summed E-state index contributed by atoms with van der Waals surface area (Å²) in [6.45, 7) is 3.90. The van der Waals surface area contributed by atoms with Crippen LogP contribution in [0.2, 0.25) is 0 Å². The number of carbonyl (C=O) groups is 1. The van der Waals surface area contributed by atoms with Crippen molar-refractivity contribution in [2.45, 2.75) is 6.54 Å². The SMILES string of the molecule is O=C(c1ccccc1F)N1CCN(Cc2cccs2)CC1. The van der Waals surface area contributed by atoms with E-state index in [1.165, 1.54) is 10.9 Å². The molecule has 1 aromatic carbocycles. The molecule has 0 aliphatic carbocycles. The minimum atomic E-state index is -0.441. The lowest BCUT2D eigenvalue weighted by Crippen LogP contribution is -2.48. The highest BCUT2D eigenvalue weighted by atomic mass is 32.1. The second-order valence-corrected chi connectivity index (χ2v) is 6.16. The molecule has 2 aromatic rings. The number of thiophene rings is 1. The van der Waals surface area contributed by atoms with Crippen LogP contribution in [0.15, 0.2) is 41.8 Å². The summed E-state index contributed by atoms with van der Waals surface area (Å²) >= 11 is 1.75. The van der Waals surface area contributed by atoms with Gasteiger partial charge in [-0.2, -0.15) is 0 Å². The number of carbonyl (C=O) groups excluding carboxylic acids is 1. The summed E-state index contributed by atoms with van der Waals surface area (Å²) in [6.07, 6.45) is 0. The molecule has 1 amide bonds. The van der Waals surface area contributed by atoms with Crippen molar-refractivity contribution in [3.8, 4) is 0 Å². The monoisotopic (exact) mass is 304 g/mol. The Hall–Kier alpha value is -1.72. The van der Waals surface area contributed by atoms with Crippen LogP contribution in [0, 0.1) is 5.82 Å². The second-order valence-electron chi connectivity index (χ2n) is 5.13. The maximum atomic E-state index is 13.7. The van der Waals surface area contributed by atoms with Gasteiger partial charge >= 0.3 is 0 Å². The zero-order chi connectivity index (χ0) is 14.7. The van der Waals surface area contributed by atoms with Crippen LogP contribution < -0.4 is 0 Å². The van der Waals surface area contributed by atoms with Crippen LogP contribution in [0.4, 0.5) is 4.39 Å². The predicted octanol–water partition coefficient (Wildman–Crippen LogP) is 2.85. The maximum absolute atomic E-state index is 13.7. The number of hydrogen-bond donors (Lipinski definition) is 0. The van der Waals surface area contributed by atoms with Gasteiger partial charge in [-0.25, -0.2) is 4.39 Å². The number of nitrogens with zero attached hydrogens (tertiary/aromatic N) is 2. The first-order valence-corrected chi connectivity index (χ1v) is 7.90. The van der Waals surface area contributed by atoms with E-state index in [4.69, 9.17) is 0 Å². The largest absolute Gasteiger partial charge is 0.336 e. The summed E-state index contributed by atoms with van der Waals surface area (Å²) in [5.41, 5.74) is 0.171. The molecule has 0 atom stereocenters. The number of rotatable bonds is 3. The van der Waals surface area contributed by atoms with Gasteiger partial charge in [0.2, 0.25) is 0 Å². The molecule has 1 aromatic heterocycles. The van der Waals surface area contributed by atoms with Crippen molar-refractivity contribution in [2.24, 2.45) is 0 Å². The van der Waals surface area contributed by atoms with Gasteiger partial charge in [0.05, 0.1) is 5.56 Å². The van der Waals surface area contributed by atoms with Crippen LogP contribution in [-0.4, -0.2) is 41.9 Å². The van der Waals surface area contributed by atoms with E-state index in [-0.39, 0.29) is 11.5 Å². The zero-order valence-electron chi connectivity index (χ0n) is 11.7. The molecule has 3 rings (SSSR count). The van der Waals surface area contributed by atoms with Gasteiger partial charge < -0.3 is 4.90 Å². The van der Waals surface area contributed by atoms with Gasteiger partial charge in [-0.05, 0) is 23.6 Å². The van der Waals surface area contributed by atoms with Crippen LogP contribution in [-0.2, 0) is 6.54 Å². The van der Waals surface area contributed by atoms with Crippen molar-refractivity contribution in [1.82, 2.24) is 9.80 Å². The molecule has 21 heavy (non-hydrogen) atoms. The quantitative estimate of drug-likeness (QED) is 0.870. The molecule has 2 heterocycles. The lowest BCUT2D eigenvalue weighted by Gasteiger charge is -2.34. The minimum absolute atomic E-state index is 0.171. The van der Waals surface area contributed by atoms with Gasteiger partial charge in [0.25, 0.3) is 5.91 Å². The molecule has 0 saturated carbocycles. The fourth-order valence-electron chi connectivity index (χ4n) is 2.54. The smallest absolute Gasteiger partial charge is 0.256 e. The Kier molecular flexibility index (Phi) is 4.31. The summed E-state index contributed by atoms with van der Waals surface area (Å²) in [4.78, 5) is 17.7. The third-order valence-electron chi connectivity index (χ3n) is 3.72. The van der Waals surface area contributed by atoms with Crippen LogP contribution in [0.25, 0.3) is 0 Å². The van der Waals surface area contributed by atoms with Crippen LogP contribution >= 0.6 is 11.3 Å². The Balaban J connectivity index is 1.58. The van der Waals surface area contributed by atoms with E-state index in [0.29, 0.717) is 13.1 Å². The number of piperazine rings is 1. The first kappa shape index (κ1) is 14.2. The molecule has 0 unspecified atom stereocenters. The molecule has 0 N–H and O–H groups in total. The Morgan fingerprint density at radius 1 is 1.10 bits per heavy atom. The normalized spacial score (nSPS) is 16.1. The fourth-order valence-corrected chi connectivity index (χ4v) is 3.28. The van der Waals surface area contributed by atoms with Crippen molar-refractivity contribution >= 4 is 17.2 Å². The van der Waals surface area contributed by atoms with Crippen molar-refractivity contribution in [1.29, 1.82) is 0 Å². The van der Waals surface area contributed by atoms with Gasteiger partial charge in [-0.15, -0.1) is 11.3 Å². The average Bonchev–Trinajstić information content (AvgIpc) is 3.01. The van der Waals surface area contributed by atoms with Crippen molar-refractivity contribution in [3.05, 3.63) is 58.0 Å². The molecule has 0 spiro atoms. The summed E-state index contributed by atoms with van der Waals surface area (Å²) < 4.78 is 13.7. The van der Waals surface area contributed by atoms with Gasteiger partial charge in [-0.3, -0.25) is 9.69 Å². The molecule has 0 bridgehead atoms. The minimum Gasteiger partial charge on any atom is -0.336 e. The number of halogens is 1. The van der Waals surface area contributed by atoms with Crippen molar-refractivity contribution in [3.63, 3.8) is 0 Å². The van der Waals surface area contributed by atoms with Crippen LogP contribution in [0.1, 0.15) is 15.2 Å². The lowest BCUT2D eigenvalue weighted by molar-refractivity contribution is 0.0625. The van der Waals surface area contributed by atoms with E-state index in [2.05, 4.69) is 22.4 Å². The standard InChI is InChI=1S/C16H17FN2OS/c17-15-6-2-1-5-14(15)16(20)19-9-7-18(8-10-19)12-13-4-3-11-21-13/h1-6,11H,7-10,12H2. The van der Waals surface area contributed by atoms with Gasteiger partial charge in [0.15, 0.2) is 0 Å². The molecule has 1 fully saturated rings. The highest BCUT2D eigenvalue weighted by Gasteiger charge is 2.23. The summed E-state index contributed by atoms with van der Waals surface area (Å²) in [7, 11) is 0. The maximum Gasteiger partial charge on any atom is 0.256 e. The van der Waals surface area contributed by atoms with Crippen molar-refractivity contribution < 1.29 is 9.18 Å². The molecule has 3 nitrogen and oxygen atoms in total. The highest BCUT2D eigenvalue weighted by Crippen LogP contribution is 2.15. The Morgan fingerprint density at radius 3 is 2.52 bits per heavy atom. The van der Waals surface area contributed by atoms with Crippen molar-refractivity contribution in [2.75, 3.05) is 26.2 Å². The number of benzene rings is 1. The molecule has 1 aliphatic rings. The second kappa shape index (κ2) is 6.37. The summed E-state index contributed by atoms with van der Waals surface area (Å²) in [6, 6.07) is 10.4. The number of amides is 1. The van der Waals surface area contributed by atoms with E-state index < -0.39 is 5.82 Å². The summed E-state index contributed by atoms with van der Waals surface area (Å²) in [5.74, 6) is -0.646. The predicted molar refractivity (Wildman–Crippen MR) is 81.9 cm³/mol. The molecule has 1 aliphatic heterocycles. The third-order valence-corrected chi connectivity index (χ3v) is 4.58. The fraction of sp³-hybridized carbons (Fsp3) is 0.312. The summed E-state index contributed by atoms with van der Waals surface area (Å²) in [5, 5.41) is 2.08. The first-order chi connectivity index (χ1) is 10.2. The molecular formula is C16H17FN2OS. The molecular weight excluding hydrogens is 287 g/mol. The van der Waals surface area contributed by atoms with Crippen LogP contribution in [0.5, 0.6) is 0 Å². The molecule has 0 radical (unpaired) electrons. The lowest BCUT2D eigenvalue weighted by atomic mass is 10.1. The van der Waals surface area contributed by atoms with E-state index in [0.717, 1.165) is 19.6 Å². The highest BCUT2D eigenvalue weighted by molar-refractivity contribution is 7.09. The molecule has 5 heteroatoms.